The second-order valence-corrected chi connectivity index (χ2v) is 3.48. The van der Waals surface area contributed by atoms with Gasteiger partial charge in [0, 0.05) is 26.2 Å². The first kappa shape index (κ1) is 11.0. The van der Waals surface area contributed by atoms with Gasteiger partial charge in [0.15, 0.2) is 0 Å². The van der Waals surface area contributed by atoms with E-state index in [1.54, 1.807) is 0 Å². The predicted octanol–water partition coefficient (Wildman–Crippen LogP) is 2.10. The van der Waals surface area contributed by atoms with Crippen molar-refractivity contribution >= 4 is 23.1 Å². The third-order valence-electron chi connectivity index (χ3n) is 2.38. The molecule has 0 fully saturated rings. The highest BCUT2D eigenvalue weighted by Crippen LogP contribution is 2.34. The third-order valence-corrected chi connectivity index (χ3v) is 2.38. The summed E-state index contributed by atoms with van der Waals surface area (Å²) >= 11 is 0. The molecule has 1 aliphatic rings. The van der Waals surface area contributed by atoms with Crippen LogP contribution in [0.3, 0.4) is 0 Å². The quantitative estimate of drug-likeness (QED) is 0.551. The summed E-state index contributed by atoms with van der Waals surface area (Å²) in [5.41, 5.74) is 0.677. The third kappa shape index (κ3) is 1.80. The van der Waals surface area contributed by atoms with Crippen LogP contribution in [0.4, 0.5) is 21.9 Å². The van der Waals surface area contributed by atoms with E-state index in [2.05, 4.69) is 10.3 Å². The second-order valence-electron chi connectivity index (χ2n) is 3.48. The first-order valence-corrected chi connectivity index (χ1v) is 4.72. The predicted molar refractivity (Wildman–Crippen MR) is 59.2 cm³/mol. The van der Waals surface area contributed by atoms with Crippen LogP contribution in [0.1, 0.15) is 0 Å². The van der Waals surface area contributed by atoms with Crippen molar-refractivity contribution in [2.24, 2.45) is 10.3 Å². The molecule has 8 nitrogen and oxygen atoms in total. The Balaban J connectivity index is 2.56. The molecule has 0 aromatic heterocycles. The molecule has 1 heterocycles. The molecule has 1 aromatic carbocycles. The maximum absolute atomic E-state index is 11.7. The topological polar surface area (TPSA) is 91.4 Å². The number of nitro benzene ring substituents is 1. The van der Waals surface area contributed by atoms with E-state index in [1.807, 2.05) is 0 Å². The average Bonchev–Trinajstić information content (AvgIpc) is 2.42. The highest BCUT2D eigenvalue weighted by atomic mass is 16.6. The van der Waals surface area contributed by atoms with E-state index >= 15 is 0 Å². The Morgan fingerprint density at radius 1 is 1.35 bits per heavy atom. The van der Waals surface area contributed by atoms with E-state index in [-0.39, 0.29) is 5.69 Å². The summed E-state index contributed by atoms with van der Waals surface area (Å²) in [7, 11) is 2.97. The van der Waals surface area contributed by atoms with Crippen LogP contribution in [0.5, 0.6) is 0 Å². The number of hydrogen-bond acceptors (Lipinski definition) is 5. The van der Waals surface area contributed by atoms with E-state index in [9.17, 15) is 14.9 Å². The maximum Gasteiger partial charge on any atom is 0.345 e. The van der Waals surface area contributed by atoms with Crippen LogP contribution in [-0.4, -0.2) is 30.1 Å². The number of rotatable bonds is 1. The summed E-state index contributed by atoms with van der Waals surface area (Å²) in [6.45, 7) is 0. The van der Waals surface area contributed by atoms with Crippen LogP contribution in [0.2, 0.25) is 0 Å². The molecule has 88 valence electrons. The van der Waals surface area contributed by atoms with Gasteiger partial charge in [0.05, 0.1) is 10.6 Å². The van der Waals surface area contributed by atoms with Crippen molar-refractivity contribution < 1.29 is 9.72 Å². The number of fused-ring (bicyclic) bond motifs is 1. The fourth-order valence-electron chi connectivity index (χ4n) is 1.45. The summed E-state index contributed by atoms with van der Waals surface area (Å²) < 4.78 is 0. The van der Waals surface area contributed by atoms with E-state index < -0.39 is 11.0 Å². The number of carbonyl (C=O) groups is 1. The maximum atomic E-state index is 11.7. The molecule has 0 bridgehead atoms. The molecule has 0 saturated heterocycles. The lowest BCUT2D eigenvalue weighted by molar-refractivity contribution is -0.384. The molecule has 8 heteroatoms. The minimum absolute atomic E-state index is 0.0943. The van der Waals surface area contributed by atoms with Gasteiger partial charge in [-0.15, -0.1) is 5.11 Å². The molecule has 2 rings (SSSR count). The standard InChI is InChI=1S/C9H9N5O3/c1-12-8-5-6(14(16)17)3-4-7(8)10-11-13(2)9(12)15/h3-5H,1-2H3. The molecule has 0 saturated carbocycles. The molecule has 0 atom stereocenters. The zero-order valence-corrected chi connectivity index (χ0v) is 9.19. The number of hydrogen-bond donors (Lipinski definition) is 0. The Bertz CT molecular complexity index is 527. The molecule has 2 amide bonds. The van der Waals surface area contributed by atoms with Crippen LogP contribution < -0.4 is 4.90 Å². The van der Waals surface area contributed by atoms with Crippen molar-refractivity contribution in [3.05, 3.63) is 28.3 Å². The Hall–Kier alpha value is -2.51. The van der Waals surface area contributed by atoms with E-state index in [4.69, 9.17) is 0 Å². The molecular weight excluding hydrogens is 226 g/mol. The van der Waals surface area contributed by atoms with Gasteiger partial charge in [-0.2, -0.15) is 5.01 Å². The fraction of sp³-hybridized carbons (Fsp3) is 0.222. The highest BCUT2D eigenvalue weighted by Gasteiger charge is 2.23. The molecule has 0 N–H and O–H groups in total. The van der Waals surface area contributed by atoms with Gasteiger partial charge in [-0.05, 0) is 6.07 Å². The van der Waals surface area contributed by atoms with Gasteiger partial charge >= 0.3 is 6.03 Å². The van der Waals surface area contributed by atoms with Crippen molar-refractivity contribution in [3.8, 4) is 0 Å². The average molecular weight is 235 g/mol. The number of nitro groups is 1. The van der Waals surface area contributed by atoms with Crippen LogP contribution in [0.25, 0.3) is 0 Å². The van der Waals surface area contributed by atoms with E-state index in [0.29, 0.717) is 11.4 Å². The lowest BCUT2D eigenvalue weighted by Crippen LogP contribution is -2.34. The number of anilines is 1. The zero-order valence-electron chi connectivity index (χ0n) is 9.19. The van der Waals surface area contributed by atoms with Crippen molar-refractivity contribution in [2.75, 3.05) is 19.0 Å². The summed E-state index contributed by atoms with van der Waals surface area (Å²) in [6.07, 6.45) is 0. The lowest BCUT2D eigenvalue weighted by Gasteiger charge is -2.18. The molecule has 0 aliphatic carbocycles. The molecular formula is C9H9N5O3. The summed E-state index contributed by atoms with van der Waals surface area (Å²) in [6, 6.07) is 3.67. The second kappa shape index (κ2) is 3.81. The normalized spacial score (nSPS) is 14.6. The number of carbonyl (C=O) groups excluding carboxylic acids is 1. The Kier molecular flexibility index (Phi) is 2.47. The molecule has 0 unspecified atom stereocenters. The first-order valence-electron chi connectivity index (χ1n) is 4.72. The molecule has 1 aliphatic heterocycles. The first-order chi connectivity index (χ1) is 8.00. The highest BCUT2D eigenvalue weighted by molar-refractivity contribution is 5.95. The minimum Gasteiger partial charge on any atom is -0.293 e. The molecule has 17 heavy (non-hydrogen) atoms. The minimum atomic E-state index is -0.523. The van der Waals surface area contributed by atoms with Crippen LogP contribution in [0.15, 0.2) is 28.5 Å². The van der Waals surface area contributed by atoms with Gasteiger partial charge in [-0.25, -0.2) is 4.79 Å². The summed E-state index contributed by atoms with van der Waals surface area (Å²) in [5.74, 6) is 0. The fourth-order valence-corrected chi connectivity index (χ4v) is 1.45. The van der Waals surface area contributed by atoms with Gasteiger partial charge in [0.25, 0.3) is 5.69 Å². The molecule has 0 spiro atoms. The smallest absolute Gasteiger partial charge is 0.293 e. The van der Waals surface area contributed by atoms with Crippen LogP contribution >= 0.6 is 0 Å². The number of nitrogens with zero attached hydrogens (tertiary/aromatic N) is 5. The van der Waals surface area contributed by atoms with Crippen molar-refractivity contribution in [1.82, 2.24) is 5.01 Å². The number of benzene rings is 1. The van der Waals surface area contributed by atoms with E-state index in [0.717, 1.165) is 5.01 Å². The van der Waals surface area contributed by atoms with Crippen molar-refractivity contribution in [2.45, 2.75) is 0 Å². The van der Waals surface area contributed by atoms with Crippen LogP contribution in [0, 0.1) is 10.1 Å². The Labute approximate surface area is 96.3 Å². The number of amides is 2. The largest absolute Gasteiger partial charge is 0.345 e. The summed E-state index contributed by atoms with van der Waals surface area (Å²) in [5, 5.41) is 19.2. The SMILES string of the molecule is CN1N=Nc2ccc([N+](=O)[O-])cc2N(C)C1=O. The number of non-ortho nitro benzene ring substituents is 1. The van der Waals surface area contributed by atoms with Gasteiger partial charge < -0.3 is 0 Å². The van der Waals surface area contributed by atoms with Gasteiger partial charge in [0.2, 0.25) is 0 Å². The number of urea groups is 1. The lowest BCUT2D eigenvalue weighted by atomic mass is 10.2. The molecule has 0 radical (unpaired) electrons. The van der Waals surface area contributed by atoms with Gasteiger partial charge in [0.1, 0.15) is 5.69 Å². The summed E-state index contributed by atoms with van der Waals surface area (Å²) in [4.78, 5) is 23.1. The van der Waals surface area contributed by atoms with Crippen LogP contribution in [-0.2, 0) is 0 Å². The zero-order chi connectivity index (χ0) is 12.6. The Morgan fingerprint density at radius 3 is 2.71 bits per heavy atom. The van der Waals surface area contributed by atoms with Crippen molar-refractivity contribution in [1.29, 1.82) is 0 Å². The van der Waals surface area contributed by atoms with Gasteiger partial charge in [-0.3, -0.25) is 15.0 Å². The molecule has 1 aromatic rings. The van der Waals surface area contributed by atoms with E-state index in [1.165, 1.54) is 37.2 Å². The Morgan fingerprint density at radius 2 is 2.06 bits per heavy atom. The van der Waals surface area contributed by atoms with Gasteiger partial charge in [-0.1, -0.05) is 5.22 Å². The monoisotopic (exact) mass is 235 g/mol. The van der Waals surface area contributed by atoms with Crippen molar-refractivity contribution in [3.63, 3.8) is 0 Å².